The van der Waals surface area contributed by atoms with Gasteiger partial charge in [-0.3, -0.25) is 0 Å². The highest BCUT2D eigenvalue weighted by Gasteiger charge is 2.23. The van der Waals surface area contributed by atoms with Gasteiger partial charge >= 0.3 is 0 Å². The van der Waals surface area contributed by atoms with E-state index in [2.05, 4.69) is 60.7 Å². The molecule has 57 heavy (non-hydrogen) atoms. The molecule has 0 radical (unpaired) electrons. The number of hydrogen-bond donors (Lipinski definition) is 0. The lowest BCUT2D eigenvalue weighted by Gasteiger charge is -2.09. The number of para-hydroxylation sites is 2. The van der Waals surface area contributed by atoms with Gasteiger partial charge in [-0.15, -0.1) is 11.3 Å². The molecule has 5 aromatic heterocycles. The first-order valence-electron chi connectivity index (χ1n) is 18.7. The number of aromatic nitrogens is 5. The lowest BCUT2D eigenvalue weighted by atomic mass is 10.0. The molecule has 12 rings (SSSR count). The highest BCUT2D eigenvalue weighted by atomic mass is 32.1. The molecule has 0 saturated carbocycles. The number of nitrogens with zero attached hydrogens (tertiary/aromatic N) is 5. The topological polar surface area (TPSA) is 90.7 Å². The van der Waals surface area contributed by atoms with Gasteiger partial charge in [0.15, 0.2) is 23.3 Å². The summed E-state index contributed by atoms with van der Waals surface area (Å²) in [5.74, 6) is 2.29. The van der Waals surface area contributed by atoms with Gasteiger partial charge in [-0.1, -0.05) is 121 Å². The van der Waals surface area contributed by atoms with Gasteiger partial charge in [0.05, 0.1) is 21.5 Å². The third-order valence-electron chi connectivity index (χ3n) is 10.6. The van der Waals surface area contributed by atoms with Gasteiger partial charge in [0.1, 0.15) is 22.3 Å². The molecule has 0 N–H and O–H groups in total. The van der Waals surface area contributed by atoms with E-state index >= 15 is 0 Å². The van der Waals surface area contributed by atoms with E-state index < -0.39 is 0 Å². The molecule has 5 heterocycles. The average Bonchev–Trinajstić information content (AvgIpc) is 3.98. The Morgan fingerprint density at radius 2 is 1.02 bits per heavy atom. The Balaban J connectivity index is 1.08. The SMILES string of the molecule is c1ccc(-c2nc(-c3ccc4oc5ccccc5c4c3)nc(-c3cccc4oc5c(-c6nc(-c7ccccc7)c7sc8ccccc8c7n6)cccc5c34)n2)cc1. The van der Waals surface area contributed by atoms with Crippen molar-refractivity contribution in [1.29, 1.82) is 0 Å². The van der Waals surface area contributed by atoms with Crippen molar-refractivity contribution in [2.45, 2.75) is 0 Å². The summed E-state index contributed by atoms with van der Waals surface area (Å²) in [6.45, 7) is 0. The molecule has 0 aliphatic carbocycles. The molecule has 0 bridgehead atoms. The Hall–Kier alpha value is -7.55. The van der Waals surface area contributed by atoms with E-state index in [1.807, 2.05) is 103 Å². The standard InChI is InChI=1S/C49H27N5O2S/c1-3-13-28(14-4-1)42-45-43(32-18-8-10-24-40(32)57-45)51-49(50-42)35-21-11-19-33-41-34(20-12-23-39(41)56-44(33)35)48-53-46(29-15-5-2-6-16-29)52-47(54-48)30-25-26-38-36(27-30)31-17-7-9-22-37(31)55-38/h1-27H. The zero-order chi connectivity index (χ0) is 37.5. The molecule has 0 atom stereocenters. The summed E-state index contributed by atoms with van der Waals surface area (Å²) in [6, 6.07) is 55.1. The molecule has 8 heteroatoms. The van der Waals surface area contributed by atoms with Crippen molar-refractivity contribution in [3.05, 3.63) is 164 Å². The summed E-state index contributed by atoms with van der Waals surface area (Å²) in [5, 5.41) is 4.99. The van der Waals surface area contributed by atoms with E-state index in [1.165, 1.54) is 4.70 Å². The molecule has 266 valence electrons. The van der Waals surface area contributed by atoms with Crippen LogP contribution in [0.2, 0.25) is 0 Å². The van der Waals surface area contributed by atoms with Crippen LogP contribution in [0.25, 0.3) is 121 Å². The molecule has 0 amide bonds. The quantitative estimate of drug-likeness (QED) is 0.173. The highest BCUT2D eigenvalue weighted by molar-refractivity contribution is 7.26. The van der Waals surface area contributed by atoms with E-state index in [1.54, 1.807) is 11.3 Å². The summed E-state index contributed by atoms with van der Waals surface area (Å²) in [7, 11) is 0. The van der Waals surface area contributed by atoms with Gasteiger partial charge < -0.3 is 8.83 Å². The minimum atomic E-state index is 0.545. The van der Waals surface area contributed by atoms with E-state index in [0.29, 0.717) is 28.9 Å². The molecule has 0 fully saturated rings. The van der Waals surface area contributed by atoms with E-state index in [-0.39, 0.29) is 0 Å². The number of hydrogen-bond acceptors (Lipinski definition) is 8. The second kappa shape index (κ2) is 12.5. The van der Waals surface area contributed by atoms with Crippen LogP contribution in [-0.2, 0) is 0 Å². The third kappa shape index (κ3) is 5.08. The smallest absolute Gasteiger partial charge is 0.164 e. The summed E-state index contributed by atoms with van der Waals surface area (Å²) in [5.41, 5.74) is 9.35. The van der Waals surface area contributed by atoms with Crippen LogP contribution < -0.4 is 0 Å². The summed E-state index contributed by atoms with van der Waals surface area (Å²) < 4.78 is 15.2. The van der Waals surface area contributed by atoms with Crippen molar-refractivity contribution in [1.82, 2.24) is 24.9 Å². The van der Waals surface area contributed by atoms with Crippen LogP contribution in [0.15, 0.2) is 173 Å². The van der Waals surface area contributed by atoms with Crippen molar-refractivity contribution in [2.24, 2.45) is 0 Å². The van der Waals surface area contributed by atoms with E-state index in [4.69, 9.17) is 33.8 Å². The first-order valence-corrected chi connectivity index (χ1v) is 19.5. The zero-order valence-electron chi connectivity index (χ0n) is 30.0. The molecule has 0 aliphatic heterocycles. The predicted octanol–water partition coefficient (Wildman–Crippen LogP) is 13.2. The van der Waals surface area contributed by atoms with E-state index in [9.17, 15) is 0 Å². The zero-order valence-corrected chi connectivity index (χ0v) is 30.9. The fourth-order valence-electron chi connectivity index (χ4n) is 7.92. The first-order chi connectivity index (χ1) is 28.2. The van der Waals surface area contributed by atoms with Crippen molar-refractivity contribution < 1.29 is 8.83 Å². The van der Waals surface area contributed by atoms with Gasteiger partial charge in [0.2, 0.25) is 0 Å². The van der Waals surface area contributed by atoms with Crippen molar-refractivity contribution in [2.75, 3.05) is 0 Å². The number of fused-ring (bicyclic) bond motifs is 9. The molecule has 0 aliphatic rings. The maximum atomic E-state index is 6.78. The lowest BCUT2D eigenvalue weighted by molar-refractivity contribution is 0.669. The number of thiophene rings is 1. The van der Waals surface area contributed by atoms with Crippen molar-refractivity contribution in [3.8, 4) is 56.8 Å². The average molecular weight is 750 g/mol. The van der Waals surface area contributed by atoms with Crippen molar-refractivity contribution >= 4 is 75.5 Å². The van der Waals surface area contributed by atoms with Gasteiger partial charge in [-0.05, 0) is 42.5 Å². The van der Waals surface area contributed by atoms with E-state index in [0.717, 1.165) is 87.4 Å². The molecule has 7 aromatic carbocycles. The Labute approximate surface area is 328 Å². The molecule has 0 spiro atoms. The molecule has 12 aromatic rings. The first kappa shape index (κ1) is 31.8. The Morgan fingerprint density at radius 1 is 0.386 bits per heavy atom. The fraction of sp³-hybridized carbons (Fsp3) is 0. The summed E-state index contributed by atoms with van der Waals surface area (Å²) in [6.07, 6.45) is 0. The number of benzene rings is 7. The Morgan fingerprint density at radius 3 is 1.88 bits per heavy atom. The second-order valence-corrected chi connectivity index (χ2v) is 15.0. The second-order valence-electron chi connectivity index (χ2n) is 14.0. The predicted molar refractivity (Wildman–Crippen MR) is 230 cm³/mol. The number of rotatable bonds is 5. The Kier molecular flexibility index (Phi) is 6.96. The number of furan rings is 2. The Bertz CT molecular complexity index is 3540. The summed E-state index contributed by atoms with van der Waals surface area (Å²) >= 11 is 1.72. The van der Waals surface area contributed by atoms with Crippen molar-refractivity contribution in [3.63, 3.8) is 0 Å². The molecular weight excluding hydrogens is 723 g/mol. The summed E-state index contributed by atoms with van der Waals surface area (Å²) in [4.78, 5) is 25.8. The molecule has 0 unspecified atom stereocenters. The van der Waals surface area contributed by atoms with Crippen LogP contribution >= 0.6 is 11.3 Å². The minimum Gasteiger partial charge on any atom is -0.456 e. The largest absolute Gasteiger partial charge is 0.456 e. The lowest BCUT2D eigenvalue weighted by Crippen LogP contribution is -2.00. The van der Waals surface area contributed by atoms with Crippen LogP contribution in [0.4, 0.5) is 0 Å². The van der Waals surface area contributed by atoms with Crippen LogP contribution in [-0.4, -0.2) is 24.9 Å². The maximum absolute atomic E-state index is 6.78. The highest BCUT2D eigenvalue weighted by Crippen LogP contribution is 2.43. The van der Waals surface area contributed by atoms with Crippen LogP contribution in [0.5, 0.6) is 0 Å². The fourth-order valence-corrected chi connectivity index (χ4v) is 9.07. The van der Waals surface area contributed by atoms with Crippen LogP contribution in [0.3, 0.4) is 0 Å². The van der Waals surface area contributed by atoms with Gasteiger partial charge in [-0.2, -0.15) is 0 Å². The van der Waals surface area contributed by atoms with Gasteiger partial charge in [0.25, 0.3) is 0 Å². The van der Waals surface area contributed by atoms with Gasteiger partial charge in [0, 0.05) is 53.9 Å². The molecule has 7 nitrogen and oxygen atoms in total. The monoisotopic (exact) mass is 749 g/mol. The van der Waals surface area contributed by atoms with Crippen LogP contribution in [0.1, 0.15) is 0 Å². The van der Waals surface area contributed by atoms with Crippen LogP contribution in [0, 0.1) is 0 Å². The molecular formula is C49H27N5O2S. The normalized spacial score (nSPS) is 11.9. The molecule has 0 saturated heterocycles. The third-order valence-corrected chi connectivity index (χ3v) is 11.7. The van der Waals surface area contributed by atoms with Gasteiger partial charge in [-0.25, -0.2) is 24.9 Å². The minimum absolute atomic E-state index is 0.545. The maximum Gasteiger partial charge on any atom is 0.164 e.